The number of nitrogens with zero attached hydrogens (tertiary/aromatic N) is 1. The normalized spacial score (nSPS) is 17.9. The van der Waals surface area contributed by atoms with Crippen molar-refractivity contribution in [3.05, 3.63) is 35.9 Å². The molecule has 1 atom stereocenters. The third-order valence-corrected chi connectivity index (χ3v) is 3.25. The molecule has 1 aliphatic heterocycles. The van der Waals surface area contributed by atoms with Gasteiger partial charge in [-0.15, -0.1) is 0 Å². The summed E-state index contributed by atoms with van der Waals surface area (Å²) in [6.07, 6.45) is 0.979. The molecule has 1 heterocycles. The molecule has 5 nitrogen and oxygen atoms in total. The van der Waals surface area contributed by atoms with Crippen LogP contribution in [0.2, 0.25) is 0 Å². The van der Waals surface area contributed by atoms with E-state index < -0.39 is 12.1 Å². The summed E-state index contributed by atoms with van der Waals surface area (Å²) in [5, 5.41) is 0. The number of likely N-dealkylation sites (tertiary alicyclic amines) is 1. The Kier molecular flexibility index (Phi) is 4.98. The molecule has 1 saturated heterocycles. The van der Waals surface area contributed by atoms with Crippen molar-refractivity contribution in [1.82, 2.24) is 4.90 Å². The summed E-state index contributed by atoms with van der Waals surface area (Å²) in [5.74, 6) is -0.346. The highest BCUT2D eigenvalue weighted by molar-refractivity contribution is 5.82. The molecule has 0 unspecified atom stereocenters. The molecule has 1 aromatic rings. The monoisotopic (exact) mass is 277 g/mol. The van der Waals surface area contributed by atoms with Crippen molar-refractivity contribution < 1.29 is 19.1 Å². The first-order chi connectivity index (χ1) is 9.72. The van der Waals surface area contributed by atoms with Crippen LogP contribution in [0.1, 0.15) is 25.3 Å². The summed E-state index contributed by atoms with van der Waals surface area (Å²) in [6, 6.07) is 8.96. The Morgan fingerprint density at radius 3 is 2.70 bits per heavy atom. The van der Waals surface area contributed by atoms with E-state index >= 15 is 0 Å². The number of esters is 1. The molecule has 5 heteroatoms. The second kappa shape index (κ2) is 6.93. The predicted octanol–water partition coefficient (Wildman–Crippen LogP) is 2.35. The Bertz CT molecular complexity index is 460. The summed E-state index contributed by atoms with van der Waals surface area (Å²) in [5.41, 5.74) is 0.924. The maximum Gasteiger partial charge on any atom is 0.410 e. The quantitative estimate of drug-likeness (QED) is 0.793. The van der Waals surface area contributed by atoms with E-state index in [1.165, 1.54) is 4.90 Å². The lowest BCUT2D eigenvalue weighted by Gasteiger charge is -2.22. The van der Waals surface area contributed by atoms with Crippen LogP contribution in [0.3, 0.4) is 0 Å². The second-order valence-corrected chi connectivity index (χ2v) is 4.64. The zero-order chi connectivity index (χ0) is 14.4. The van der Waals surface area contributed by atoms with E-state index in [1.54, 1.807) is 6.92 Å². The van der Waals surface area contributed by atoms with Crippen molar-refractivity contribution in [2.45, 2.75) is 32.4 Å². The molecule has 1 amide bonds. The van der Waals surface area contributed by atoms with Gasteiger partial charge in [0.1, 0.15) is 12.6 Å². The molecule has 0 aromatic heterocycles. The average molecular weight is 277 g/mol. The lowest BCUT2D eigenvalue weighted by Crippen LogP contribution is -2.41. The van der Waals surface area contributed by atoms with Gasteiger partial charge in [0.2, 0.25) is 0 Å². The first-order valence-corrected chi connectivity index (χ1v) is 6.86. The number of hydrogen-bond acceptors (Lipinski definition) is 4. The summed E-state index contributed by atoms with van der Waals surface area (Å²) in [6.45, 7) is 2.83. The molecular weight excluding hydrogens is 258 g/mol. The van der Waals surface area contributed by atoms with E-state index in [1.807, 2.05) is 30.3 Å². The van der Waals surface area contributed by atoms with Crippen LogP contribution in [0.4, 0.5) is 4.79 Å². The number of benzene rings is 1. The number of amides is 1. The number of rotatable bonds is 4. The van der Waals surface area contributed by atoms with Crippen LogP contribution in [-0.2, 0) is 20.9 Å². The van der Waals surface area contributed by atoms with Gasteiger partial charge in [0.05, 0.1) is 6.61 Å². The minimum atomic E-state index is -0.502. The second-order valence-electron chi connectivity index (χ2n) is 4.64. The highest BCUT2D eigenvalue weighted by atomic mass is 16.6. The molecule has 1 fully saturated rings. The van der Waals surface area contributed by atoms with Gasteiger partial charge in [-0.05, 0) is 25.3 Å². The summed E-state index contributed by atoms with van der Waals surface area (Å²) >= 11 is 0. The van der Waals surface area contributed by atoms with Gasteiger partial charge in [-0.2, -0.15) is 0 Å². The minimum absolute atomic E-state index is 0.214. The van der Waals surface area contributed by atoms with E-state index in [0.717, 1.165) is 12.0 Å². The van der Waals surface area contributed by atoms with Gasteiger partial charge in [0.25, 0.3) is 0 Å². The van der Waals surface area contributed by atoms with E-state index in [4.69, 9.17) is 9.47 Å². The first kappa shape index (κ1) is 14.4. The molecule has 0 N–H and O–H groups in total. The van der Waals surface area contributed by atoms with Gasteiger partial charge >= 0.3 is 12.1 Å². The van der Waals surface area contributed by atoms with Crippen LogP contribution < -0.4 is 0 Å². The molecule has 0 saturated carbocycles. The van der Waals surface area contributed by atoms with Crippen LogP contribution in [0.15, 0.2) is 30.3 Å². The molecule has 0 spiro atoms. The topological polar surface area (TPSA) is 55.8 Å². The number of ether oxygens (including phenoxy) is 2. The van der Waals surface area contributed by atoms with Crippen molar-refractivity contribution in [2.75, 3.05) is 13.2 Å². The van der Waals surface area contributed by atoms with Gasteiger partial charge in [0, 0.05) is 6.54 Å². The fourth-order valence-electron chi connectivity index (χ4n) is 2.27. The average Bonchev–Trinajstić information content (AvgIpc) is 2.96. The fourth-order valence-corrected chi connectivity index (χ4v) is 2.27. The van der Waals surface area contributed by atoms with E-state index in [2.05, 4.69) is 0 Å². The maximum atomic E-state index is 12.0. The van der Waals surface area contributed by atoms with E-state index in [9.17, 15) is 9.59 Å². The molecule has 20 heavy (non-hydrogen) atoms. The summed E-state index contributed by atoms with van der Waals surface area (Å²) < 4.78 is 10.2. The van der Waals surface area contributed by atoms with Crippen LogP contribution in [0.5, 0.6) is 0 Å². The van der Waals surface area contributed by atoms with Crippen molar-refractivity contribution in [3.63, 3.8) is 0 Å². The zero-order valence-electron chi connectivity index (χ0n) is 11.6. The number of carbonyl (C=O) groups excluding carboxylic acids is 2. The van der Waals surface area contributed by atoms with E-state index in [-0.39, 0.29) is 12.6 Å². The maximum absolute atomic E-state index is 12.0. The van der Waals surface area contributed by atoms with Gasteiger partial charge in [-0.1, -0.05) is 30.3 Å². The summed E-state index contributed by atoms with van der Waals surface area (Å²) in [7, 11) is 0. The van der Waals surface area contributed by atoms with Crippen molar-refractivity contribution in [1.29, 1.82) is 0 Å². The molecule has 0 bridgehead atoms. The zero-order valence-corrected chi connectivity index (χ0v) is 11.6. The standard InChI is InChI=1S/C15H19NO4/c1-2-19-14(17)13-9-6-10-16(13)15(18)20-11-12-7-4-3-5-8-12/h3-5,7-8,13H,2,6,9-11H2,1H3/t13-/m0/s1. The third kappa shape index (κ3) is 3.50. The SMILES string of the molecule is CCOC(=O)[C@@H]1CCCN1C(=O)OCc1ccccc1. The van der Waals surface area contributed by atoms with Gasteiger partial charge in [0.15, 0.2) is 0 Å². The van der Waals surface area contributed by atoms with Crippen molar-refractivity contribution in [3.8, 4) is 0 Å². The minimum Gasteiger partial charge on any atom is -0.464 e. The van der Waals surface area contributed by atoms with Crippen LogP contribution >= 0.6 is 0 Å². The number of hydrogen-bond donors (Lipinski definition) is 0. The smallest absolute Gasteiger partial charge is 0.410 e. The van der Waals surface area contributed by atoms with Crippen LogP contribution in [0.25, 0.3) is 0 Å². The van der Waals surface area contributed by atoms with Crippen LogP contribution in [0, 0.1) is 0 Å². The largest absolute Gasteiger partial charge is 0.464 e. The molecule has 108 valence electrons. The Morgan fingerprint density at radius 2 is 2.00 bits per heavy atom. The Labute approximate surface area is 118 Å². The Hall–Kier alpha value is -2.04. The molecule has 1 aliphatic rings. The molecule has 0 radical (unpaired) electrons. The first-order valence-electron chi connectivity index (χ1n) is 6.86. The summed E-state index contributed by atoms with van der Waals surface area (Å²) in [4.78, 5) is 25.3. The number of carbonyl (C=O) groups is 2. The highest BCUT2D eigenvalue weighted by Gasteiger charge is 2.36. The third-order valence-electron chi connectivity index (χ3n) is 3.25. The molecule has 1 aromatic carbocycles. The highest BCUT2D eigenvalue weighted by Crippen LogP contribution is 2.20. The Balaban J connectivity index is 1.89. The van der Waals surface area contributed by atoms with E-state index in [0.29, 0.717) is 19.6 Å². The molecule has 0 aliphatic carbocycles. The van der Waals surface area contributed by atoms with Gasteiger partial charge in [-0.3, -0.25) is 4.90 Å². The van der Waals surface area contributed by atoms with Gasteiger partial charge < -0.3 is 9.47 Å². The van der Waals surface area contributed by atoms with Crippen molar-refractivity contribution >= 4 is 12.1 Å². The lowest BCUT2D eigenvalue weighted by atomic mass is 10.2. The predicted molar refractivity (Wildman–Crippen MR) is 73.0 cm³/mol. The lowest BCUT2D eigenvalue weighted by molar-refractivity contribution is -0.147. The van der Waals surface area contributed by atoms with Crippen LogP contribution in [-0.4, -0.2) is 36.2 Å². The molecule has 2 rings (SSSR count). The Morgan fingerprint density at radius 1 is 1.25 bits per heavy atom. The molecular formula is C15H19NO4. The van der Waals surface area contributed by atoms with Crippen molar-refractivity contribution in [2.24, 2.45) is 0 Å². The van der Waals surface area contributed by atoms with Gasteiger partial charge in [-0.25, -0.2) is 9.59 Å². The fraction of sp³-hybridized carbons (Fsp3) is 0.467.